The van der Waals surface area contributed by atoms with Gasteiger partial charge in [-0.2, -0.15) is 0 Å². The van der Waals surface area contributed by atoms with Gasteiger partial charge in [-0.25, -0.2) is 0 Å². The molecular formula is C4H6OP+. The monoisotopic (exact) mass is 101 g/mol. The van der Waals surface area contributed by atoms with Crippen LogP contribution < -0.4 is 0 Å². The summed E-state index contributed by atoms with van der Waals surface area (Å²) < 4.78 is 10.1. The highest BCUT2D eigenvalue weighted by atomic mass is 31.1. The van der Waals surface area contributed by atoms with Crippen LogP contribution >= 0.6 is 7.80 Å². The van der Waals surface area contributed by atoms with E-state index in [0.717, 1.165) is 0 Å². The molecule has 0 N–H and O–H groups in total. The molecule has 0 aliphatic rings. The van der Waals surface area contributed by atoms with E-state index >= 15 is 0 Å². The van der Waals surface area contributed by atoms with Gasteiger partial charge in [0.25, 0.3) is 0 Å². The molecule has 0 aliphatic carbocycles. The number of rotatable bonds is 1. The highest BCUT2D eigenvalue weighted by Gasteiger charge is 2.01. The third kappa shape index (κ3) is 1.93. The van der Waals surface area contributed by atoms with E-state index in [9.17, 15) is 4.57 Å². The quantitative estimate of drug-likeness (QED) is 0.360. The molecule has 0 amide bonds. The van der Waals surface area contributed by atoms with Gasteiger partial charge in [0.05, 0.1) is 0 Å². The second-order valence-electron chi connectivity index (χ2n) is 0.824. The Morgan fingerprint density at radius 2 is 2.50 bits per heavy atom. The molecule has 2 heteroatoms. The SMILES string of the molecule is C#C[P+](=O)CC. The lowest BCUT2D eigenvalue weighted by atomic mass is 11.0. The average molecular weight is 101 g/mol. The molecule has 0 aromatic heterocycles. The van der Waals surface area contributed by atoms with Crippen LogP contribution in [0.1, 0.15) is 6.92 Å². The van der Waals surface area contributed by atoms with Gasteiger partial charge in [-0.1, -0.05) is 11.0 Å². The smallest absolute Gasteiger partial charge is 0.0651 e. The summed E-state index contributed by atoms with van der Waals surface area (Å²) in [4.78, 5) is 0. The minimum absolute atomic E-state index is 0.603. The number of terminal acetylenes is 1. The molecule has 0 bridgehead atoms. The van der Waals surface area contributed by atoms with E-state index in [1.807, 2.05) is 0 Å². The van der Waals surface area contributed by atoms with Crippen molar-refractivity contribution in [3.05, 3.63) is 0 Å². The normalized spacial score (nSPS) is 9.67. The molecule has 0 saturated carbocycles. The average Bonchev–Trinajstić information content (AvgIpc) is 1.65. The van der Waals surface area contributed by atoms with Crippen molar-refractivity contribution in [3.8, 4) is 12.1 Å². The standard InChI is InChI=1S/C4H6OP/c1-3-6(5)4-2/h1H,4H2,2H3/q+1. The van der Waals surface area contributed by atoms with Crippen LogP contribution in [-0.4, -0.2) is 6.16 Å². The van der Waals surface area contributed by atoms with Gasteiger partial charge in [0.15, 0.2) is 11.8 Å². The topological polar surface area (TPSA) is 17.1 Å². The maximum atomic E-state index is 10.1. The fourth-order valence-electron chi connectivity index (χ4n) is 0.0913. The van der Waals surface area contributed by atoms with E-state index in [4.69, 9.17) is 6.42 Å². The predicted molar refractivity (Wildman–Crippen MR) is 27.0 cm³/mol. The van der Waals surface area contributed by atoms with Crippen molar-refractivity contribution in [3.63, 3.8) is 0 Å². The van der Waals surface area contributed by atoms with Crippen molar-refractivity contribution >= 4 is 7.80 Å². The van der Waals surface area contributed by atoms with Gasteiger partial charge in [0.2, 0.25) is 0 Å². The van der Waals surface area contributed by atoms with Crippen molar-refractivity contribution in [2.45, 2.75) is 6.92 Å². The van der Waals surface area contributed by atoms with Crippen molar-refractivity contribution in [1.82, 2.24) is 0 Å². The lowest BCUT2D eigenvalue weighted by Crippen LogP contribution is -1.55. The lowest BCUT2D eigenvalue weighted by molar-refractivity contribution is 0.594. The van der Waals surface area contributed by atoms with Gasteiger partial charge in [-0.05, 0) is 6.92 Å². The summed E-state index contributed by atoms with van der Waals surface area (Å²) in [6, 6.07) is 0. The van der Waals surface area contributed by atoms with Gasteiger partial charge in [0.1, 0.15) is 0 Å². The van der Waals surface area contributed by atoms with Crippen LogP contribution in [0.25, 0.3) is 0 Å². The first kappa shape index (κ1) is 5.66. The Morgan fingerprint density at radius 3 is 2.50 bits per heavy atom. The third-order valence-electron chi connectivity index (χ3n) is 0.431. The lowest BCUT2D eigenvalue weighted by Gasteiger charge is -1.54. The molecule has 0 spiro atoms. The summed E-state index contributed by atoms with van der Waals surface area (Å²) in [5, 5.41) is 0. The minimum Gasteiger partial charge on any atom is -0.0651 e. The first-order valence-corrected chi connectivity index (χ1v) is 3.16. The van der Waals surface area contributed by atoms with Crippen LogP contribution in [0.5, 0.6) is 0 Å². The first-order valence-electron chi connectivity index (χ1n) is 1.72. The molecule has 1 unspecified atom stereocenters. The molecule has 0 aliphatic heterocycles. The summed E-state index contributed by atoms with van der Waals surface area (Å²) in [5.74, 6) is 0. The van der Waals surface area contributed by atoms with Crippen LogP contribution in [0.15, 0.2) is 0 Å². The summed E-state index contributed by atoms with van der Waals surface area (Å²) in [5.41, 5.74) is 2.12. The number of hydrogen-bond donors (Lipinski definition) is 0. The van der Waals surface area contributed by atoms with E-state index in [1.54, 1.807) is 6.92 Å². The predicted octanol–water partition coefficient (Wildman–Crippen LogP) is 1.42. The Bertz CT molecular complexity index is 90.2. The molecule has 0 rings (SSSR count). The summed E-state index contributed by atoms with van der Waals surface area (Å²) >= 11 is 0. The summed E-state index contributed by atoms with van der Waals surface area (Å²) in [7, 11) is -1.30. The zero-order valence-corrected chi connectivity index (χ0v) is 4.53. The molecule has 0 aromatic carbocycles. The fourth-order valence-corrected chi connectivity index (χ4v) is 0.274. The maximum Gasteiger partial charge on any atom is 0.427 e. The molecule has 6 heavy (non-hydrogen) atoms. The highest BCUT2D eigenvalue weighted by molar-refractivity contribution is 7.50. The van der Waals surface area contributed by atoms with E-state index in [2.05, 4.69) is 5.66 Å². The second kappa shape index (κ2) is 2.87. The van der Waals surface area contributed by atoms with Crippen LogP contribution in [0.2, 0.25) is 0 Å². The van der Waals surface area contributed by atoms with E-state index < -0.39 is 7.80 Å². The molecule has 32 valence electrons. The second-order valence-corrected chi connectivity index (χ2v) is 2.47. The Hall–Kier alpha value is -0.340. The van der Waals surface area contributed by atoms with E-state index in [1.165, 1.54) is 0 Å². The molecule has 0 heterocycles. The highest BCUT2D eigenvalue weighted by Crippen LogP contribution is 2.14. The molecule has 0 radical (unpaired) electrons. The Balaban J connectivity index is 3.33. The summed E-state index contributed by atoms with van der Waals surface area (Å²) in [6.45, 7) is 1.80. The molecule has 0 fully saturated rings. The van der Waals surface area contributed by atoms with Crippen molar-refractivity contribution in [2.24, 2.45) is 0 Å². The fraction of sp³-hybridized carbons (Fsp3) is 0.500. The van der Waals surface area contributed by atoms with E-state index in [0.29, 0.717) is 6.16 Å². The minimum atomic E-state index is -1.30. The Labute approximate surface area is 38.5 Å². The van der Waals surface area contributed by atoms with Gasteiger partial charge in [-0.15, -0.1) is 0 Å². The van der Waals surface area contributed by atoms with Crippen molar-refractivity contribution in [2.75, 3.05) is 6.16 Å². The zero-order valence-electron chi connectivity index (χ0n) is 3.64. The van der Waals surface area contributed by atoms with Crippen LogP contribution in [0, 0.1) is 12.1 Å². The molecule has 1 nitrogen and oxygen atoms in total. The molecular weight excluding hydrogens is 95.0 g/mol. The van der Waals surface area contributed by atoms with Crippen molar-refractivity contribution < 1.29 is 4.57 Å². The molecule has 1 atom stereocenters. The molecule has 0 aromatic rings. The van der Waals surface area contributed by atoms with Crippen LogP contribution in [0.4, 0.5) is 0 Å². The van der Waals surface area contributed by atoms with Gasteiger partial charge in [0, 0.05) is 0 Å². The van der Waals surface area contributed by atoms with Gasteiger partial charge in [-0.3, -0.25) is 0 Å². The molecule has 0 saturated heterocycles. The Morgan fingerprint density at radius 1 is 2.00 bits per heavy atom. The maximum absolute atomic E-state index is 10.1. The van der Waals surface area contributed by atoms with Gasteiger partial charge < -0.3 is 0 Å². The first-order chi connectivity index (χ1) is 2.81. The third-order valence-corrected chi connectivity index (χ3v) is 1.29. The van der Waals surface area contributed by atoms with Crippen molar-refractivity contribution in [1.29, 1.82) is 0 Å². The number of hydrogen-bond acceptors (Lipinski definition) is 1. The largest absolute Gasteiger partial charge is 0.427 e. The van der Waals surface area contributed by atoms with Crippen LogP contribution in [-0.2, 0) is 4.57 Å². The Kier molecular flexibility index (Phi) is 2.71. The van der Waals surface area contributed by atoms with E-state index in [-0.39, 0.29) is 0 Å². The summed E-state index contributed by atoms with van der Waals surface area (Å²) in [6.07, 6.45) is 5.35. The van der Waals surface area contributed by atoms with Gasteiger partial charge >= 0.3 is 7.80 Å². The zero-order chi connectivity index (χ0) is 4.99. The van der Waals surface area contributed by atoms with Crippen LogP contribution in [0.3, 0.4) is 0 Å².